The Morgan fingerprint density at radius 1 is 0.941 bits per heavy atom. The molecule has 1 aromatic heterocycles. The van der Waals surface area contributed by atoms with E-state index in [0.717, 1.165) is 43.3 Å². The highest BCUT2D eigenvalue weighted by Crippen LogP contribution is 2.47. The molecule has 0 aliphatic carbocycles. The third kappa shape index (κ3) is 5.49. The molecule has 0 saturated carbocycles. The summed E-state index contributed by atoms with van der Waals surface area (Å²) in [6.07, 6.45) is 3.18. The van der Waals surface area contributed by atoms with E-state index in [2.05, 4.69) is 19.1 Å². The SMILES string of the molecule is COc1ccc2c(Oc3ccc(C=CC(=O)OC(C)(C)C)cc3)c(-c3ccccc3C)sc2c1. The first kappa shape index (κ1) is 23.6. The Bertz CT molecular complexity index is 1340. The lowest BCUT2D eigenvalue weighted by molar-refractivity contribution is -0.148. The van der Waals surface area contributed by atoms with Gasteiger partial charge in [0.2, 0.25) is 0 Å². The quantitative estimate of drug-likeness (QED) is 0.210. The fraction of sp³-hybridized carbons (Fsp3) is 0.207. The first-order chi connectivity index (χ1) is 16.2. The molecule has 0 spiro atoms. The van der Waals surface area contributed by atoms with Crippen molar-refractivity contribution in [2.75, 3.05) is 7.11 Å². The monoisotopic (exact) mass is 472 g/mol. The molecule has 3 aromatic carbocycles. The van der Waals surface area contributed by atoms with Gasteiger partial charge in [-0.2, -0.15) is 0 Å². The molecule has 5 heteroatoms. The number of methoxy groups -OCH3 is 1. The minimum atomic E-state index is -0.513. The van der Waals surface area contributed by atoms with Crippen LogP contribution in [-0.4, -0.2) is 18.7 Å². The van der Waals surface area contributed by atoms with E-state index >= 15 is 0 Å². The number of benzene rings is 3. The van der Waals surface area contributed by atoms with Crippen LogP contribution < -0.4 is 9.47 Å². The second-order valence-corrected chi connectivity index (χ2v) is 10.0. The van der Waals surface area contributed by atoms with E-state index in [9.17, 15) is 4.79 Å². The van der Waals surface area contributed by atoms with Crippen LogP contribution >= 0.6 is 11.3 Å². The minimum Gasteiger partial charge on any atom is -0.497 e. The van der Waals surface area contributed by atoms with Gasteiger partial charge < -0.3 is 14.2 Å². The van der Waals surface area contributed by atoms with Gasteiger partial charge in [0.15, 0.2) is 5.75 Å². The standard InChI is InChI=1S/C29H28O4S/c1-19-8-6-7-9-23(19)28-27(24-16-15-22(31-5)18-25(24)34-28)32-21-13-10-20(11-14-21)12-17-26(30)33-29(2,3)4/h6-18H,1-5H3. The lowest BCUT2D eigenvalue weighted by Gasteiger charge is -2.17. The maximum atomic E-state index is 11.9. The molecule has 0 bridgehead atoms. The summed E-state index contributed by atoms with van der Waals surface area (Å²) in [7, 11) is 1.67. The van der Waals surface area contributed by atoms with E-state index in [-0.39, 0.29) is 5.97 Å². The van der Waals surface area contributed by atoms with Crippen LogP contribution in [0.3, 0.4) is 0 Å². The van der Waals surface area contributed by atoms with E-state index < -0.39 is 5.60 Å². The van der Waals surface area contributed by atoms with Gasteiger partial charge in [0.25, 0.3) is 0 Å². The predicted octanol–water partition coefficient (Wildman–Crippen LogP) is 8.03. The van der Waals surface area contributed by atoms with Crippen molar-refractivity contribution >= 4 is 33.5 Å². The number of aryl methyl sites for hydroxylation is 1. The largest absolute Gasteiger partial charge is 0.497 e. The van der Waals surface area contributed by atoms with Crippen molar-refractivity contribution in [2.24, 2.45) is 0 Å². The number of hydrogen-bond acceptors (Lipinski definition) is 5. The lowest BCUT2D eigenvalue weighted by Crippen LogP contribution is -2.22. The molecule has 34 heavy (non-hydrogen) atoms. The fourth-order valence-electron chi connectivity index (χ4n) is 3.55. The zero-order valence-corrected chi connectivity index (χ0v) is 20.9. The van der Waals surface area contributed by atoms with Gasteiger partial charge in [-0.3, -0.25) is 0 Å². The summed E-state index contributed by atoms with van der Waals surface area (Å²) in [5, 5.41) is 1.04. The molecule has 0 unspecified atom stereocenters. The van der Waals surface area contributed by atoms with Crippen LogP contribution in [0.15, 0.2) is 72.8 Å². The summed E-state index contributed by atoms with van der Waals surface area (Å²) in [5.41, 5.74) is 2.71. The van der Waals surface area contributed by atoms with Crippen molar-refractivity contribution in [1.82, 2.24) is 0 Å². The van der Waals surface area contributed by atoms with Gasteiger partial charge in [-0.15, -0.1) is 11.3 Å². The lowest BCUT2D eigenvalue weighted by atomic mass is 10.1. The number of rotatable bonds is 6. The third-order valence-electron chi connectivity index (χ3n) is 5.16. The van der Waals surface area contributed by atoms with Crippen LogP contribution in [0.5, 0.6) is 17.2 Å². The van der Waals surface area contributed by atoms with Crippen molar-refractivity contribution in [3.05, 3.63) is 83.9 Å². The Kier molecular flexibility index (Phi) is 6.75. The molecular weight excluding hydrogens is 444 g/mol. The number of esters is 1. The van der Waals surface area contributed by atoms with Crippen LogP contribution in [0, 0.1) is 6.92 Å². The van der Waals surface area contributed by atoms with E-state index in [1.165, 1.54) is 11.6 Å². The first-order valence-corrected chi connectivity index (χ1v) is 11.9. The molecule has 0 atom stereocenters. The molecule has 1 heterocycles. The van der Waals surface area contributed by atoms with Gasteiger partial charge in [-0.1, -0.05) is 36.4 Å². The average molecular weight is 473 g/mol. The molecule has 174 valence electrons. The maximum absolute atomic E-state index is 11.9. The molecule has 0 aliphatic rings. The topological polar surface area (TPSA) is 44.8 Å². The summed E-state index contributed by atoms with van der Waals surface area (Å²) in [4.78, 5) is 13.0. The van der Waals surface area contributed by atoms with E-state index in [4.69, 9.17) is 14.2 Å². The Balaban J connectivity index is 1.64. The Hall–Kier alpha value is -3.57. The Morgan fingerprint density at radius 3 is 2.32 bits per heavy atom. The number of carbonyl (C=O) groups is 1. The van der Waals surface area contributed by atoms with Crippen LogP contribution in [0.4, 0.5) is 0 Å². The Labute approximate surface area is 204 Å². The molecule has 0 radical (unpaired) electrons. The summed E-state index contributed by atoms with van der Waals surface area (Å²) < 4.78 is 18.3. The van der Waals surface area contributed by atoms with Crippen molar-refractivity contribution in [3.63, 3.8) is 0 Å². The molecule has 0 N–H and O–H groups in total. The molecule has 0 fully saturated rings. The maximum Gasteiger partial charge on any atom is 0.331 e. The Morgan fingerprint density at radius 2 is 1.65 bits per heavy atom. The summed E-state index contributed by atoms with van der Waals surface area (Å²) >= 11 is 1.69. The summed E-state index contributed by atoms with van der Waals surface area (Å²) in [6, 6.07) is 22.0. The molecule has 0 saturated heterocycles. The highest BCUT2D eigenvalue weighted by molar-refractivity contribution is 7.22. The van der Waals surface area contributed by atoms with E-state index in [1.807, 2.05) is 75.4 Å². The zero-order chi connectivity index (χ0) is 24.3. The number of fused-ring (bicyclic) bond motifs is 1. The highest BCUT2D eigenvalue weighted by atomic mass is 32.1. The smallest absolute Gasteiger partial charge is 0.331 e. The van der Waals surface area contributed by atoms with Gasteiger partial charge in [-0.25, -0.2) is 4.79 Å². The number of thiophene rings is 1. The van der Waals surface area contributed by atoms with Crippen LogP contribution in [-0.2, 0) is 9.53 Å². The second-order valence-electron chi connectivity index (χ2n) is 8.98. The van der Waals surface area contributed by atoms with Crippen LogP contribution in [0.2, 0.25) is 0 Å². The zero-order valence-electron chi connectivity index (χ0n) is 20.0. The second kappa shape index (κ2) is 9.74. The summed E-state index contributed by atoms with van der Waals surface area (Å²) in [5.74, 6) is 2.00. The van der Waals surface area contributed by atoms with Gasteiger partial charge in [0, 0.05) is 16.2 Å². The normalized spacial score (nSPS) is 11.7. The molecule has 0 aliphatic heterocycles. The highest BCUT2D eigenvalue weighted by Gasteiger charge is 2.18. The number of ether oxygens (including phenoxy) is 3. The molecule has 0 amide bonds. The minimum absolute atomic E-state index is 0.365. The van der Waals surface area contributed by atoms with Crippen molar-refractivity contribution in [1.29, 1.82) is 0 Å². The van der Waals surface area contributed by atoms with E-state index in [0.29, 0.717) is 0 Å². The van der Waals surface area contributed by atoms with E-state index in [1.54, 1.807) is 24.5 Å². The van der Waals surface area contributed by atoms with Crippen LogP contribution in [0.1, 0.15) is 31.9 Å². The average Bonchev–Trinajstić information content (AvgIpc) is 3.15. The molecule has 4 aromatic rings. The van der Waals surface area contributed by atoms with Crippen molar-refractivity contribution in [2.45, 2.75) is 33.3 Å². The van der Waals surface area contributed by atoms with Crippen molar-refractivity contribution < 1.29 is 19.0 Å². The van der Waals surface area contributed by atoms with Gasteiger partial charge in [0.1, 0.15) is 17.1 Å². The number of carbonyl (C=O) groups excluding carboxylic acids is 1. The molecule has 4 rings (SSSR count). The van der Waals surface area contributed by atoms with Crippen molar-refractivity contribution in [3.8, 4) is 27.7 Å². The van der Waals surface area contributed by atoms with Gasteiger partial charge in [0.05, 0.1) is 12.0 Å². The molecule has 4 nitrogen and oxygen atoms in total. The predicted molar refractivity (Wildman–Crippen MR) is 140 cm³/mol. The van der Waals surface area contributed by atoms with Gasteiger partial charge in [-0.05, 0) is 80.8 Å². The first-order valence-electron chi connectivity index (χ1n) is 11.1. The third-order valence-corrected chi connectivity index (χ3v) is 6.33. The fourth-order valence-corrected chi connectivity index (χ4v) is 4.80. The number of hydrogen-bond donors (Lipinski definition) is 0. The van der Waals surface area contributed by atoms with Gasteiger partial charge >= 0.3 is 5.97 Å². The van der Waals surface area contributed by atoms with Crippen LogP contribution in [0.25, 0.3) is 26.6 Å². The summed E-state index contributed by atoms with van der Waals surface area (Å²) in [6.45, 7) is 7.65. The molecular formula is C29H28O4S.